The van der Waals surface area contributed by atoms with E-state index < -0.39 is 12.0 Å². The van der Waals surface area contributed by atoms with Gasteiger partial charge in [-0.3, -0.25) is 4.79 Å². The number of fused-ring (bicyclic) bond motifs is 2. The van der Waals surface area contributed by atoms with Crippen molar-refractivity contribution >= 4 is 22.8 Å². The zero-order valence-corrected chi connectivity index (χ0v) is 18.9. The first-order valence-electron chi connectivity index (χ1n) is 11.5. The van der Waals surface area contributed by atoms with Crippen molar-refractivity contribution in [2.24, 2.45) is 17.6 Å². The Morgan fingerprint density at radius 2 is 1.79 bits per heavy atom. The van der Waals surface area contributed by atoms with Gasteiger partial charge >= 0.3 is 6.09 Å². The predicted octanol–water partition coefficient (Wildman–Crippen LogP) is 3.75. The summed E-state index contributed by atoms with van der Waals surface area (Å²) in [7, 11) is 0. The lowest BCUT2D eigenvalue weighted by Gasteiger charge is -2.19. The van der Waals surface area contributed by atoms with Gasteiger partial charge in [0.25, 0.3) is 5.91 Å². The third-order valence-corrected chi connectivity index (χ3v) is 6.49. The van der Waals surface area contributed by atoms with E-state index in [1.165, 1.54) is 0 Å². The molecule has 2 fully saturated rings. The number of rotatable bonds is 7. The fourth-order valence-electron chi connectivity index (χ4n) is 4.92. The van der Waals surface area contributed by atoms with Crippen LogP contribution < -0.4 is 15.2 Å². The minimum atomic E-state index is -0.690. The van der Waals surface area contributed by atoms with Crippen LogP contribution in [0.4, 0.5) is 4.79 Å². The number of ether oxygens (including phenoxy) is 3. The average molecular weight is 466 g/mol. The van der Waals surface area contributed by atoms with Gasteiger partial charge in [-0.15, -0.1) is 0 Å². The van der Waals surface area contributed by atoms with E-state index in [9.17, 15) is 9.59 Å². The Hall–Kier alpha value is -3.75. The monoisotopic (exact) mass is 465 g/mol. The molecule has 9 nitrogen and oxygen atoms in total. The highest BCUT2D eigenvalue weighted by Crippen LogP contribution is 2.40. The maximum atomic E-state index is 12.5. The minimum absolute atomic E-state index is 0.00828. The number of nitrogens with two attached hydrogens (primary N) is 1. The van der Waals surface area contributed by atoms with E-state index in [0.717, 1.165) is 41.4 Å². The summed E-state index contributed by atoms with van der Waals surface area (Å²) >= 11 is 0. The minimum Gasteiger partial charge on any atom is -0.494 e. The molecule has 0 bridgehead atoms. The molecule has 1 saturated heterocycles. The fraction of sp³-hybridized carbons (Fsp3) is 0.400. The van der Waals surface area contributed by atoms with Crippen molar-refractivity contribution in [3.8, 4) is 11.5 Å². The summed E-state index contributed by atoms with van der Waals surface area (Å²) in [5, 5.41) is 2.23. The molecule has 3 aromatic rings. The van der Waals surface area contributed by atoms with Gasteiger partial charge in [-0.2, -0.15) is 0 Å². The quantitative estimate of drug-likeness (QED) is 0.565. The molecule has 2 N–H and O–H groups in total. The Morgan fingerprint density at radius 1 is 1.09 bits per heavy atom. The van der Waals surface area contributed by atoms with E-state index in [2.05, 4.69) is 23.2 Å². The maximum Gasteiger partial charge on any atom is 0.410 e. The second kappa shape index (κ2) is 9.24. The first-order chi connectivity index (χ1) is 16.5. The lowest BCUT2D eigenvalue weighted by atomic mass is 10.0. The Morgan fingerprint density at radius 3 is 2.47 bits per heavy atom. The van der Waals surface area contributed by atoms with Crippen molar-refractivity contribution in [1.82, 2.24) is 9.88 Å². The molecule has 0 spiro atoms. The molecule has 2 aliphatic rings. The van der Waals surface area contributed by atoms with E-state index in [1.54, 1.807) is 4.90 Å². The molecule has 0 unspecified atom stereocenters. The summed E-state index contributed by atoms with van der Waals surface area (Å²) in [5.41, 5.74) is 5.15. The molecular weight excluding hydrogens is 438 g/mol. The summed E-state index contributed by atoms with van der Waals surface area (Å²) in [5.74, 6) is 1.91. The van der Waals surface area contributed by atoms with Crippen molar-refractivity contribution in [1.29, 1.82) is 0 Å². The standard InChI is InChI=1S/C25H27N3O6/c1-2-31-19-5-3-15-4-6-20(8-16(15)7-19)34-21-9-17-11-28(12-18(17)10-21)25(30)33-14-23-27-22(13-32-23)24(26)29/h3-8,13,17-18,21H,2,9-12,14H2,1H3,(H2,26,29)/t17-,18+,21-. The number of hydrogen-bond donors (Lipinski definition) is 1. The first kappa shape index (κ1) is 22.1. The van der Waals surface area contributed by atoms with E-state index in [4.69, 9.17) is 24.4 Å². The van der Waals surface area contributed by atoms with Gasteiger partial charge in [-0.1, -0.05) is 12.1 Å². The number of likely N-dealkylation sites (tertiary alicyclic amines) is 1. The summed E-state index contributed by atoms with van der Waals surface area (Å²) in [6.07, 6.45) is 2.66. The zero-order valence-electron chi connectivity index (χ0n) is 18.9. The molecular formula is C25H27N3O6. The molecule has 1 aliphatic heterocycles. The summed E-state index contributed by atoms with van der Waals surface area (Å²) in [6.45, 7) is 3.73. The molecule has 1 saturated carbocycles. The van der Waals surface area contributed by atoms with Gasteiger partial charge in [0.05, 0.1) is 12.7 Å². The molecule has 2 aromatic carbocycles. The van der Waals surface area contributed by atoms with Crippen LogP contribution in [0.1, 0.15) is 36.1 Å². The van der Waals surface area contributed by atoms with E-state index in [-0.39, 0.29) is 24.3 Å². The van der Waals surface area contributed by atoms with Crippen molar-refractivity contribution in [3.05, 3.63) is 54.2 Å². The van der Waals surface area contributed by atoms with Crippen molar-refractivity contribution in [2.75, 3.05) is 19.7 Å². The number of carbonyl (C=O) groups is 2. The Kier molecular flexibility index (Phi) is 6.00. The Balaban J connectivity index is 1.13. The van der Waals surface area contributed by atoms with Crippen molar-refractivity contribution in [2.45, 2.75) is 32.5 Å². The highest BCUT2D eigenvalue weighted by Gasteiger charge is 2.43. The third kappa shape index (κ3) is 4.64. The van der Waals surface area contributed by atoms with Crippen LogP contribution in [0.25, 0.3) is 10.8 Å². The number of nitrogens with zero attached hydrogens (tertiary/aromatic N) is 2. The third-order valence-electron chi connectivity index (χ3n) is 6.49. The van der Waals surface area contributed by atoms with Crippen LogP contribution in [0.2, 0.25) is 0 Å². The molecule has 1 aliphatic carbocycles. The number of aromatic nitrogens is 1. The van der Waals surface area contributed by atoms with Gasteiger partial charge in [0.1, 0.15) is 17.8 Å². The number of carbonyl (C=O) groups excluding carboxylic acids is 2. The van der Waals surface area contributed by atoms with Crippen LogP contribution >= 0.6 is 0 Å². The average Bonchev–Trinajstić information content (AvgIpc) is 3.53. The normalized spacial score (nSPS) is 21.4. The van der Waals surface area contributed by atoms with Crippen LogP contribution in [-0.4, -0.2) is 47.7 Å². The number of oxazole rings is 1. The van der Waals surface area contributed by atoms with Crippen LogP contribution in [0.5, 0.6) is 11.5 Å². The lowest BCUT2D eigenvalue weighted by molar-refractivity contribution is 0.0908. The van der Waals surface area contributed by atoms with E-state index in [0.29, 0.717) is 31.5 Å². The maximum absolute atomic E-state index is 12.5. The molecule has 34 heavy (non-hydrogen) atoms. The van der Waals surface area contributed by atoms with Crippen LogP contribution in [-0.2, 0) is 11.3 Å². The fourth-order valence-corrected chi connectivity index (χ4v) is 4.92. The SMILES string of the molecule is CCOc1ccc2ccc(O[C@@H]3C[C@@H]4CN(C(=O)OCc5nc(C(N)=O)co5)C[C@@H]4C3)cc2c1. The van der Waals surface area contributed by atoms with Crippen LogP contribution in [0.3, 0.4) is 0 Å². The summed E-state index contributed by atoms with van der Waals surface area (Å²) in [4.78, 5) is 29.1. The van der Waals surface area contributed by atoms with Gasteiger partial charge < -0.3 is 29.3 Å². The summed E-state index contributed by atoms with van der Waals surface area (Å²) in [6, 6.07) is 12.2. The molecule has 9 heteroatoms. The smallest absolute Gasteiger partial charge is 0.410 e. The van der Waals surface area contributed by atoms with Gasteiger partial charge in [0.15, 0.2) is 12.3 Å². The molecule has 0 radical (unpaired) electrons. The van der Waals surface area contributed by atoms with Crippen molar-refractivity contribution < 1.29 is 28.2 Å². The highest BCUT2D eigenvalue weighted by atomic mass is 16.6. The highest BCUT2D eigenvalue weighted by molar-refractivity contribution is 5.90. The Bertz CT molecular complexity index is 1190. The second-order valence-electron chi connectivity index (χ2n) is 8.79. The lowest BCUT2D eigenvalue weighted by Crippen LogP contribution is -2.31. The van der Waals surface area contributed by atoms with Gasteiger partial charge in [-0.05, 0) is 66.6 Å². The molecule has 178 valence electrons. The number of hydrogen-bond acceptors (Lipinski definition) is 7. The van der Waals surface area contributed by atoms with E-state index >= 15 is 0 Å². The Labute approximate surface area is 196 Å². The molecule has 2 heterocycles. The number of benzene rings is 2. The molecule has 3 atom stereocenters. The van der Waals surface area contributed by atoms with Gasteiger partial charge in [-0.25, -0.2) is 9.78 Å². The van der Waals surface area contributed by atoms with Gasteiger partial charge in [0.2, 0.25) is 5.89 Å². The molecule has 2 amide bonds. The molecule has 1 aromatic heterocycles. The van der Waals surface area contributed by atoms with Crippen LogP contribution in [0, 0.1) is 11.8 Å². The second-order valence-corrected chi connectivity index (χ2v) is 8.79. The first-order valence-corrected chi connectivity index (χ1v) is 11.5. The van der Waals surface area contributed by atoms with Gasteiger partial charge in [0, 0.05) is 13.1 Å². The largest absolute Gasteiger partial charge is 0.494 e. The van der Waals surface area contributed by atoms with Crippen LogP contribution in [0.15, 0.2) is 47.1 Å². The number of amides is 2. The molecule has 5 rings (SSSR count). The predicted molar refractivity (Wildman–Crippen MR) is 123 cm³/mol. The van der Waals surface area contributed by atoms with E-state index in [1.807, 2.05) is 25.1 Å². The zero-order chi connectivity index (χ0) is 23.7. The van der Waals surface area contributed by atoms with Crippen molar-refractivity contribution in [3.63, 3.8) is 0 Å². The summed E-state index contributed by atoms with van der Waals surface area (Å²) < 4.78 is 22.3. The number of primary amides is 1. The topological polar surface area (TPSA) is 117 Å².